The average molecular weight is 189 g/mol. The zero-order chi connectivity index (χ0) is 10.3. The first-order valence-corrected chi connectivity index (χ1v) is 4.94. The monoisotopic (exact) mass is 189 g/mol. The molecule has 2 heteroatoms. The second-order valence-corrected chi connectivity index (χ2v) is 4.30. The van der Waals surface area contributed by atoms with E-state index in [1.165, 1.54) is 0 Å². The topological polar surface area (TPSA) is 43.1 Å². The molecule has 0 aromatic heterocycles. The van der Waals surface area contributed by atoms with Crippen LogP contribution in [0.4, 0.5) is 0 Å². The maximum absolute atomic E-state index is 12.0. The van der Waals surface area contributed by atoms with Gasteiger partial charge in [-0.25, -0.2) is 0 Å². The molecule has 14 heavy (non-hydrogen) atoms. The maximum Gasteiger partial charge on any atom is 0.182 e. The van der Waals surface area contributed by atoms with Crippen LogP contribution < -0.4 is 5.73 Å². The van der Waals surface area contributed by atoms with E-state index in [1.807, 2.05) is 32.0 Å². The van der Waals surface area contributed by atoms with Gasteiger partial charge in [0.15, 0.2) is 5.78 Å². The van der Waals surface area contributed by atoms with Gasteiger partial charge in [-0.2, -0.15) is 0 Å². The third-order valence-corrected chi connectivity index (χ3v) is 2.88. The number of carbonyl (C=O) groups excluding carboxylic acids is 1. The van der Waals surface area contributed by atoms with Gasteiger partial charge in [-0.3, -0.25) is 4.79 Å². The van der Waals surface area contributed by atoms with Gasteiger partial charge < -0.3 is 5.73 Å². The van der Waals surface area contributed by atoms with Crippen molar-refractivity contribution < 1.29 is 4.79 Å². The molecule has 0 saturated heterocycles. The van der Waals surface area contributed by atoms with E-state index >= 15 is 0 Å². The minimum atomic E-state index is -0.543. The van der Waals surface area contributed by atoms with Gasteiger partial charge in [-0.05, 0) is 38.3 Å². The van der Waals surface area contributed by atoms with Gasteiger partial charge in [0, 0.05) is 5.56 Å². The summed E-state index contributed by atoms with van der Waals surface area (Å²) in [5, 5.41) is 0. The highest BCUT2D eigenvalue weighted by Crippen LogP contribution is 2.36. The molecule has 0 heterocycles. The number of hydrogen-bond acceptors (Lipinski definition) is 2. The van der Waals surface area contributed by atoms with Crippen LogP contribution in [0.15, 0.2) is 18.2 Å². The van der Waals surface area contributed by atoms with Crippen LogP contribution in [0.1, 0.15) is 34.3 Å². The minimum Gasteiger partial charge on any atom is -0.319 e. The Morgan fingerprint density at radius 2 is 2.00 bits per heavy atom. The van der Waals surface area contributed by atoms with Crippen LogP contribution >= 0.6 is 0 Å². The van der Waals surface area contributed by atoms with E-state index in [-0.39, 0.29) is 5.78 Å². The number of ketones is 1. The van der Waals surface area contributed by atoms with Crippen LogP contribution in [-0.2, 0) is 0 Å². The highest BCUT2D eigenvalue weighted by Gasteiger charge is 2.46. The van der Waals surface area contributed by atoms with Crippen molar-refractivity contribution in [1.29, 1.82) is 0 Å². The lowest BCUT2D eigenvalue weighted by molar-refractivity contribution is 0.0948. The summed E-state index contributed by atoms with van der Waals surface area (Å²) in [7, 11) is 0. The lowest BCUT2D eigenvalue weighted by Gasteiger charge is -2.10. The molecule has 1 saturated carbocycles. The largest absolute Gasteiger partial charge is 0.319 e. The molecule has 2 N–H and O–H groups in total. The molecule has 0 bridgehead atoms. The third-order valence-electron chi connectivity index (χ3n) is 2.88. The molecule has 0 aliphatic heterocycles. The molecule has 0 amide bonds. The van der Waals surface area contributed by atoms with E-state index in [0.29, 0.717) is 0 Å². The maximum atomic E-state index is 12.0. The van der Waals surface area contributed by atoms with Crippen molar-refractivity contribution in [2.75, 3.05) is 0 Å². The highest BCUT2D eigenvalue weighted by molar-refractivity contribution is 6.06. The Balaban J connectivity index is 2.40. The van der Waals surface area contributed by atoms with Crippen molar-refractivity contribution in [3.63, 3.8) is 0 Å². The first kappa shape index (κ1) is 9.41. The second-order valence-electron chi connectivity index (χ2n) is 4.30. The van der Waals surface area contributed by atoms with Crippen molar-refractivity contribution >= 4 is 5.78 Å². The van der Waals surface area contributed by atoms with Crippen LogP contribution in [0.2, 0.25) is 0 Å². The van der Waals surface area contributed by atoms with Crippen molar-refractivity contribution in [2.45, 2.75) is 32.2 Å². The molecule has 2 rings (SSSR count). The molecule has 74 valence electrons. The zero-order valence-corrected chi connectivity index (χ0v) is 8.63. The summed E-state index contributed by atoms with van der Waals surface area (Å²) >= 11 is 0. The molecule has 1 aromatic rings. The molecule has 0 spiro atoms. The summed E-state index contributed by atoms with van der Waals surface area (Å²) in [6.07, 6.45) is 1.67. The first-order chi connectivity index (χ1) is 6.53. The second kappa shape index (κ2) is 2.92. The predicted octanol–water partition coefficient (Wildman–Crippen LogP) is 1.98. The smallest absolute Gasteiger partial charge is 0.182 e. The van der Waals surface area contributed by atoms with Crippen molar-refractivity contribution in [3.05, 3.63) is 34.9 Å². The quantitative estimate of drug-likeness (QED) is 0.723. The van der Waals surface area contributed by atoms with Gasteiger partial charge in [0.1, 0.15) is 0 Å². The van der Waals surface area contributed by atoms with Crippen LogP contribution in [0.25, 0.3) is 0 Å². The van der Waals surface area contributed by atoms with Gasteiger partial charge in [-0.1, -0.05) is 17.7 Å². The number of aryl methyl sites for hydroxylation is 2. The fourth-order valence-corrected chi connectivity index (χ4v) is 1.61. The zero-order valence-electron chi connectivity index (χ0n) is 8.63. The summed E-state index contributed by atoms with van der Waals surface area (Å²) in [5.41, 5.74) is 8.28. The highest BCUT2D eigenvalue weighted by atomic mass is 16.1. The van der Waals surface area contributed by atoms with Crippen LogP contribution in [0.3, 0.4) is 0 Å². The van der Waals surface area contributed by atoms with E-state index in [1.54, 1.807) is 0 Å². The van der Waals surface area contributed by atoms with Crippen LogP contribution in [0.5, 0.6) is 0 Å². The van der Waals surface area contributed by atoms with Gasteiger partial charge >= 0.3 is 0 Å². The molecule has 0 atom stereocenters. The van der Waals surface area contributed by atoms with Gasteiger partial charge in [-0.15, -0.1) is 0 Å². The van der Waals surface area contributed by atoms with Crippen molar-refractivity contribution in [1.82, 2.24) is 0 Å². The van der Waals surface area contributed by atoms with Crippen molar-refractivity contribution in [2.24, 2.45) is 5.73 Å². The van der Waals surface area contributed by atoms with E-state index in [9.17, 15) is 4.79 Å². The SMILES string of the molecule is Cc1ccc(C)c(C(=O)C2(N)CC2)c1. The van der Waals surface area contributed by atoms with E-state index in [2.05, 4.69) is 0 Å². The summed E-state index contributed by atoms with van der Waals surface area (Å²) in [4.78, 5) is 12.0. The van der Waals surface area contributed by atoms with Crippen LogP contribution in [0, 0.1) is 13.8 Å². The van der Waals surface area contributed by atoms with E-state index in [4.69, 9.17) is 5.73 Å². The number of rotatable bonds is 2. The summed E-state index contributed by atoms with van der Waals surface area (Å²) in [6, 6.07) is 5.93. The first-order valence-electron chi connectivity index (χ1n) is 4.94. The molecule has 1 aliphatic rings. The number of Topliss-reactive ketones (excluding diaryl/α,β-unsaturated/α-hetero) is 1. The predicted molar refractivity (Wildman–Crippen MR) is 56.4 cm³/mol. The minimum absolute atomic E-state index is 0.110. The number of hydrogen-bond donors (Lipinski definition) is 1. The Morgan fingerprint density at radius 3 is 2.57 bits per heavy atom. The summed E-state index contributed by atoms with van der Waals surface area (Å²) < 4.78 is 0. The van der Waals surface area contributed by atoms with E-state index in [0.717, 1.165) is 29.5 Å². The van der Waals surface area contributed by atoms with Gasteiger partial charge in [0.2, 0.25) is 0 Å². The number of nitrogens with two attached hydrogens (primary N) is 1. The van der Waals surface area contributed by atoms with Crippen LogP contribution in [-0.4, -0.2) is 11.3 Å². The third kappa shape index (κ3) is 1.46. The molecule has 0 unspecified atom stereocenters. The number of carbonyl (C=O) groups is 1. The van der Waals surface area contributed by atoms with E-state index < -0.39 is 5.54 Å². The summed E-state index contributed by atoms with van der Waals surface area (Å²) in [5.74, 6) is 0.110. The normalized spacial score (nSPS) is 17.9. The lowest BCUT2D eigenvalue weighted by Crippen LogP contribution is -2.33. The molecule has 1 fully saturated rings. The van der Waals surface area contributed by atoms with Gasteiger partial charge in [0.25, 0.3) is 0 Å². The molecule has 1 aromatic carbocycles. The molecule has 1 aliphatic carbocycles. The molecule has 0 radical (unpaired) electrons. The fraction of sp³-hybridized carbons (Fsp3) is 0.417. The fourth-order valence-electron chi connectivity index (χ4n) is 1.61. The Hall–Kier alpha value is -1.15. The standard InChI is InChI=1S/C12H15NO/c1-8-3-4-9(2)10(7-8)11(14)12(13)5-6-12/h3-4,7H,5-6,13H2,1-2H3. The van der Waals surface area contributed by atoms with Gasteiger partial charge in [0.05, 0.1) is 5.54 Å². The Bertz CT molecular complexity index is 391. The summed E-state index contributed by atoms with van der Waals surface area (Å²) in [6.45, 7) is 3.95. The lowest BCUT2D eigenvalue weighted by atomic mass is 9.97. The molecular formula is C12H15NO. The Labute approximate surface area is 84.1 Å². The Morgan fingerprint density at radius 1 is 1.36 bits per heavy atom. The average Bonchev–Trinajstić information content (AvgIpc) is 2.88. The molecule has 2 nitrogen and oxygen atoms in total. The Kier molecular flexibility index (Phi) is 1.96. The van der Waals surface area contributed by atoms with Crippen molar-refractivity contribution in [3.8, 4) is 0 Å². The number of benzene rings is 1. The molecular weight excluding hydrogens is 174 g/mol.